The monoisotopic (exact) mass is 225 g/mol. The molecule has 0 aliphatic carbocycles. The molecule has 0 saturated carbocycles. The summed E-state index contributed by atoms with van der Waals surface area (Å²) in [5, 5.41) is 3.01. The number of carbonyl (C=O) groups excluding carboxylic acids is 1. The van der Waals surface area contributed by atoms with E-state index in [2.05, 4.69) is 10.3 Å². The van der Waals surface area contributed by atoms with Crippen molar-refractivity contribution in [3.05, 3.63) is 29.1 Å². The molecule has 0 spiro atoms. The molecular weight excluding hydrogens is 214 g/mol. The molecule has 80 valence electrons. The Morgan fingerprint density at radius 2 is 2.40 bits per heavy atom. The van der Waals surface area contributed by atoms with Gasteiger partial charge < -0.3 is 11.1 Å². The van der Waals surface area contributed by atoms with Gasteiger partial charge >= 0.3 is 0 Å². The van der Waals surface area contributed by atoms with Gasteiger partial charge in [-0.05, 0) is 18.2 Å². The Balaban J connectivity index is 2.63. The molecule has 1 rings (SSSR count). The lowest BCUT2D eigenvalue weighted by Crippen LogP contribution is -2.19. The number of pyridine rings is 1. The van der Waals surface area contributed by atoms with Gasteiger partial charge in [-0.25, -0.2) is 4.98 Å². The van der Waals surface area contributed by atoms with E-state index >= 15 is 0 Å². The minimum atomic E-state index is -0.0772. The van der Waals surface area contributed by atoms with Gasteiger partial charge in [0.05, 0.1) is 11.4 Å². The highest BCUT2D eigenvalue weighted by molar-refractivity contribution is 6.29. The number of halogens is 1. The third-order valence-corrected chi connectivity index (χ3v) is 1.88. The van der Waals surface area contributed by atoms with E-state index in [0.717, 1.165) is 0 Å². The number of anilines is 1. The maximum Gasteiger partial charge on any atom is 0.217 e. The van der Waals surface area contributed by atoms with Crippen molar-refractivity contribution in [2.24, 2.45) is 0 Å². The van der Waals surface area contributed by atoms with Crippen LogP contribution in [0.3, 0.4) is 0 Å². The summed E-state index contributed by atoms with van der Waals surface area (Å²) >= 11 is 5.71. The summed E-state index contributed by atoms with van der Waals surface area (Å²) < 4.78 is 0. The Morgan fingerprint density at radius 1 is 1.67 bits per heavy atom. The third-order valence-electron chi connectivity index (χ3n) is 1.67. The molecule has 0 fully saturated rings. The van der Waals surface area contributed by atoms with Gasteiger partial charge in [0.25, 0.3) is 0 Å². The molecule has 0 aromatic carbocycles. The van der Waals surface area contributed by atoms with Gasteiger partial charge in [0.2, 0.25) is 5.91 Å². The molecule has 0 aliphatic rings. The number of hydrogen-bond acceptors (Lipinski definition) is 3. The number of nitrogens with one attached hydrogen (secondary N) is 1. The molecule has 15 heavy (non-hydrogen) atoms. The molecule has 5 heteroatoms. The number of nitrogens with zero attached hydrogens (tertiary/aromatic N) is 1. The van der Waals surface area contributed by atoms with Crippen LogP contribution < -0.4 is 11.1 Å². The zero-order valence-electron chi connectivity index (χ0n) is 8.33. The summed E-state index contributed by atoms with van der Waals surface area (Å²) in [6, 6.07) is 3.31. The number of carbonyl (C=O) groups is 1. The average molecular weight is 226 g/mol. The first-order valence-electron chi connectivity index (χ1n) is 4.42. The first-order valence-corrected chi connectivity index (χ1v) is 4.80. The van der Waals surface area contributed by atoms with Gasteiger partial charge in [0, 0.05) is 13.5 Å². The van der Waals surface area contributed by atoms with E-state index in [4.69, 9.17) is 17.3 Å². The predicted octanol–water partition coefficient (Wildman–Crippen LogP) is 1.47. The van der Waals surface area contributed by atoms with Crippen LogP contribution in [0.25, 0.3) is 6.08 Å². The van der Waals surface area contributed by atoms with E-state index in [1.54, 1.807) is 24.3 Å². The van der Waals surface area contributed by atoms with Gasteiger partial charge in [0.1, 0.15) is 5.15 Å². The van der Waals surface area contributed by atoms with Crippen LogP contribution in [0.15, 0.2) is 18.2 Å². The summed E-state index contributed by atoms with van der Waals surface area (Å²) in [4.78, 5) is 14.6. The second-order valence-corrected chi connectivity index (χ2v) is 3.34. The number of rotatable bonds is 3. The Hall–Kier alpha value is -1.55. The topological polar surface area (TPSA) is 68.0 Å². The molecule has 0 saturated heterocycles. The van der Waals surface area contributed by atoms with Gasteiger partial charge in [-0.15, -0.1) is 0 Å². The number of amides is 1. The lowest BCUT2D eigenvalue weighted by molar-refractivity contribution is -0.118. The lowest BCUT2D eigenvalue weighted by Gasteiger charge is -1.99. The number of hydrogen-bond donors (Lipinski definition) is 2. The van der Waals surface area contributed by atoms with Crippen molar-refractivity contribution in [3.63, 3.8) is 0 Å². The Morgan fingerprint density at radius 3 is 3.07 bits per heavy atom. The van der Waals surface area contributed by atoms with Crippen LogP contribution in [0.5, 0.6) is 0 Å². The molecule has 0 bridgehead atoms. The maximum absolute atomic E-state index is 10.6. The van der Waals surface area contributed by atoms with Crippen molar-refractivity contribution in [2.45, 2.75) is 6.92 Å². The highest BCUT2D eigenvalue weighted by Crippen LogP contribution is 2.14. The Bertz CT molecular complexity index is 390. The summed E-state index contributed by atoms with van der Waals surface area (Å²) in [5.41, 5.74) is 6.83. The van der Waals surface area contributed by atoms with E-state index in [0.29, 0.717) is 23.1 Å². The van der Waals surface area contributed by atoms with Crippen molar-refractivity contribution in [1.29, 1.82) is 0 Å². The van der Waals surface area contributed by atoms with Gasteiger partial charge in [-0.3, -0.25) is 4.79 Å². The first kappa shape index (κ1) is 11.5. The normalized spacial score (nSPS) is 10.5. The number of nitrogens with two attached hydrogens (primary N) is 1. The summed E-state index contributed by atoms with van der Waals surface area (Å²) in [6.45, 7) is 1.91. The number of aromatic nitrogens is 1. The van der Waals surface area contributed by atoms with Crippen LogP contribution in [0, 0.1) is 0 Å². The van der Waals surface area contributed by atoms with Gasteiger partial charge in [0.15, 0.2) is 0 Å². The van der Waals surface area contributed by atoms with Crippen LogP contribution >= 0.6 is 11.6 Å². The zero-order valence-corrected chi connectivity index (χ0v) is 9.08. The van der Waals surface area contributed by atoms with Crippen molar-refractivity contribution < 1.29 is 4.79 Å². The summed E-state index contributed by atoms with van der Waals surface area (Å²) in [5.74, 6) is -0.0772. The van der Waals surface area contributed by atoms with Crippen LogP contribution in [0.4, 0.5) is 5.69 Å². The van der Waals surface area contributed by atoms with Crippen LogP contribution in [0.1, 0.15) is 12.6 Å². The first-order chi connectivity index (χ1) is 7.09. The SMILES string of the molecule is CC(=O)NCC=Cc1nc(Cl)ccc1N. The Labute approximate surface area is 93.1 Å². The van der Waals surface area contributed by atoms with E-state index < -0.39 is 0 Å². The van der Waals surface area contributed by atoms with Crippen molar-refractivity contribution in [3.8, 4) is 0 Å². The molecule has 1 amide bonds. The standard InChI is InChI=1S/C10H12ClN3O/c1-7(15)13-6-2-3-9-8(12)4-5-10(11)14-9/h2-5H,6,12H2,1H3,(H,13,15). The molecule has 4 nitrogen and oxygen atoms in total. The summed E-state index contributed by atoms with van der Waals surface area (Å²) in [7, 11) is 0. The predicted molar refractivity (Wildman–Crippen MR) is 61.4 cm³/mol. The molecule has 0 aliphatic heterocycles. The van der Waals surface area contributed by atoms with E-state index in [-0.39, 0.29) is 5.91 Å². The zero-order chi connectivity index (χ0) is 11.3. The molecule has 0 radical (unpaired) electrons. The number of nitrogen functional groups attached to an aromatic ring is 1. The second-order valence-electron chi connectivity index (χ2n) is 2.95. The fourth-order valence-electron chi connectivity index (χ4n) is 0.968. The molecule has 1 aromatic heterocycles. The quantitative estimate of drug-likeness (QED) is 0.766. The highest BCUT2D eigenvalue weighted by atomic mass is 35.5. The van der Waals surface area contributed by atoms with E-state index in [1.807, 2.05) is 0 Å². The summed E-state index contributed by atoms with van der Waals surface area (Å²) in [6.07, 6.45) is 3.48. The molecule has 1 heterocycles. The van der Waals surface area contributed by atoms with Crippen molar-refractivity contribution in [1.82, 2.24) is 10.3 Å². The molecule has 0 unspecified atom stereocenters. The Kier molecular flexibility index (Phi) is 4.12. The smallest absolute Gasteiger partial charge is 0.217 e. The largest absolute Gasteiger partial charge is 0.397 e. The fraction of sp³-hybridized carbons (Fsp3) is 0.200. The minimum absolute atomic E-state index is 0.0772. The average Bonchev–Trinajstić information content (AvgIpc) is 2.17. The molecule has 1 aromatic rings. The lowest BCUT2D eigenvalue weighted by atomic mass is 10.3. The van der Waals surface area contributed by atoms with Gasteiger partial charge in [-0.1, -0.05) is 17.7 Å². The highest BCUT2D eigenvalue weighted by Gasteiger charge is 1.97. The van der Waals surface area contributed by atoms with Crippen LogP contribution in [-0.2, 0) is 4.79 Å². The van der Waals surface area contributed by atoms with E-state index in [1.165, 1.54) is 6.92 Å². The van der Waals surface area contributed by atoms with Gasteiger partial charge in [-0.2, -0.15) is 0 Å². The molecular formula is C10H12ClN3O. The van der Waals surface area contributed by atoms with Crippen LogP contribution in [0.2, 0.25) is 5.15 Å². The second kappa shape index (κ2) is 5.36. The van der Waals surface area contributed by atoms with Crippen molar-refractivity contribution in [2.75, 3.05) is 12.3 Å². The van der Waals surface area contributed by atoms with E-state index in [9.17, 15) is 4.79 Å². The third kappa shape index (κ3) is 3.99. The minimum Gasteiger partial charge on any atom is -0.397 e. The van der Waals surface area contributed by atoms with Crippen molar-refractivity contribution >= 4 is 29.3 Å². The molecule has 0 atom stereocenters. The fourth-order valence-corrected chi connectivity index (χ4v) is 1.12. The van der Waals surface area contributed by atoms with Crippen LogP contribution in [-0.4, -0.2) is 17.4 Å². The molecule has 3 N–H and O–H groups in total. The maximum atomic E-state index is 10.6.